The normalized spacial score (nSPS) is 15.8. The number of aryl methyl sites for hydroxylation is 2. The van der Waals surface area contributed by atoms with Gasteiger partial charge in [-0.1, -0.05) is 48.6 Å². The number of benzene rings is 1. The summed E-state index contributed by atoms with van der Waals surface area (Å²) in [5.41, 5.74) is 6.93. The predicted molar refractivity (Wildman–Crippen MR) is 139 cm³/mol. The number of carbonyl (C=O) groups excluding carboxylic acids is 4. The van der Waals surface area contributed by atoms with E-state index in [-0.39, 0.29) is 18.5 Å². The van der Waals surface area contributed by atoms with Crippen molar-refractivity contribution in [2.24, 2.45) is 5.73 Å². The lowest BCUT2D eigenvalue weighted by Gasteiger charge is -2.35. The molecule has 0 saturated heterocycles. The van der Waals surface area contributed by atoms with E-state index in [1.165, 1.54) is 4.90 Å². The number of rotatable bonds is 10. The predicted octanol–water partition coefficient (Wildman–Crippen LogP) is 2.38. The van der Waals surface area contributed by atoms with E-state index in [1.54, 1.807) is 20.8 Å². The van der Waals surface area contributed by atoms with Gasteiger partial charge in [0, 0.05) is 12.6 Å². The molecule has 1 aromatic carbocycles. The SMILES string of the molecule is Cc1cc(C)cc(C(C(=O)NC2CCCCC2)N(CCO)C(=O)C(CC(N)=O)NC(=O)OC(C)(C)C)c1. The molecule has 0 radical (unpaired) electrons. The van der Waals surface area contributed by atoms with Gasteiger partial charge in [-0.2, -0.15) is 0 Å². The van der Waals surface area contributed by atoms with Gasteiger partial charge in [0.1, 0.15) is 17.7 Å². The lowest BCUT2D eigenvalue weighted by molar-refractivity contribution is -0.144. The number of aliphatic hydroxyl groups is 1. The van der Waals surface area contributed by atoms with Crippen LogP contribution in [0.25, 0.3) is 0 Å². The van der Waals surface area contributed by atoms with Crippen molar-refractivity contribution in [3.8, 4) is 0 Å². The van der Waals surface area contributed by atoms with Gasteiger partial charge in [0.25, 0.3) is 0 Å². The minimum absolute atomic E-state index is 0.0120. The maximum absolute atomic E-state index is 13.8. The summed E-state index contributed by atoms with van der Waals surface area (Å²) in [6, 6.07) is 3.12. The van der Waals surface area contributed by atoms with Gasteiger partial charge in [-0.05, 0) is 53.0 Å². The number of nitrogens with one attached hydrogen (secondary N) is 2. The van der Waals surface area contributed by atoms with Crippen molar-refractivity contribution in [1.29, 1.82) is 0 Å². The molecule has 37 heavy (non-hydrogen) atoms. The van der Waals surface area contributed by atoms with Crippen molar-refractivity contribution in [2.45, 2.75) is 96.9 Å². The Kier molecular flexibility index (Phi) is 10.9. The minimum atomic E-state index is -1.38. The standard InChI is InChI=1S/C27H42N4O6/c1-17-13-18(2)15-19(14-17)23(24(34)29-20-9-7-6-8-10-20)31(11-12-32)25(35)21(16-22(28)33)30-26(36)37-27(3,4)5/h13-15,20-21,23,32H,6-12,16H2,1-5H3,(H2,28,33)(H,29,34)(H,30,36). The molecule has 1 saturated carbocycles. The van der Waals surface area contributed by atoms with Crippen molar-refractivity contribution in [3.05, 3.63) is 34.9 Å². The van der Waals surface area contributed by atoms with Crippen LogP contribution in [0.1, 0.15) is 82.0 Å². The van der Waals surface area contributed by atoms with Gasteiger partial charge in [-0.15, -0.1) is 0 Å². The molecule has 4 amide bonds. The van der Waals surface area contributed by atoms with Crippen molar-refractivity contribution < 1.29 is 29.0 Å². The van der Waals surface area contributed by atoms with Crippen LogP contribution in [0.2, 0.25) is 0 Å². The van der Waals surface area contributed by atoms with Crippen LogP contribution in [0.4, 0.5) is 4.79 Å². The molecular weight excluding hydrogens is 476 g/mol. The summed E-state index contributed by atoms with van der Waals surface area (Å²) in [4.78, 5) is 53.0. The van der Waals surface area contributed by atoms with Crippen LogP contribution >= 0.6 is 0 Å². The summed E-state index contributed by atoms with van der Waals surface area (Å²) in [6.07, 6.45) is 3.45. The number of alkyl carbamates (subject to hydrolysis) is 1. The second kappa shape index (κ2) is 13.4. The molecule has 0 aliphatic heterocycles. The topological polar surface area (TPSA) is 151 Å². The molecule has 206 valence electrons. The summed E-state index contributed by atoms with van der Waals surface area (Å²) >= 11 is 0. The first-order chi connectivity index (χ1) is 17.3. The molecule has 1 aliphatic carbocycles. The summed E-state index contributed by atoms with van der Waals surface area (Å²) in [5.74, 6) is -1.91. The van der Waals surface area contributed by atoms with E-state index in [0.717, 1.165) is 43.2 Å². The molecule has 0 bridgehead atoms. The lowest BCUT2D eigenvalue weighted by Crippen LogP contribution is -2.55. The fourth-order valence-corrected chi connectivity index (χ4v) is 4.69. The lowest BCUT2D eigenvalue weighted by atomic mass is 9.94. The van der Waals surface area contributed by atoms with Crippen LogP contribution in [0.5, 0.6) is 0 Å². The molecule has 1 fully saturated rings. The highest BCUT2D eigenvalue weighted by atomic mass is 16.6. The average molecular weight is 519 g/mol. The molecule has 0 aromatic heterocycles. The van der Waals surface area contributed by atoms with Gasteiger partial charge in [0.15, 0.2) is 0 Å². The third-order valence-electron chi connectivity index (χ3n) is 6.09. The highest BCUT2D eigenvalue weighted by Gasteiger charge is 2.37. The molecule has 1 aliphatic rings. The number of carbonyl (C=O) groups is 4. The highest BCUT2D eigenvalue weighted by molar-refractivity contribution is 5.94. The molecular formula is C27H42N4O6. The molecule has 2 rings (SSSR count). The fraction of sp³-hybridized carbons (Fsp3) is 0.630. The van der Waals surface area contributed by atoms with Gasteiger partial charge in [0.2, 0.25) is 17.7 Å². The van der Waals surface area contributed by atoms with Gasteiger partial charge in [-0.25, -0.2) is 4.79 Å². The Morgan fingerprint density at radius 1 is 1.08 bits per heavy atom. The zero-order valence-corrected chi connectivity index (χ0v) is 22.6. The van der Waals surface area contributed by atoms with Gasteiger partial charge in [-0.3, -0.25) is 14.4 Å². The van der Waals surface area contributed by atoms with Crippen molar-refractivity contribution in [1.82, 2.24) is 15.5 Å². The van der Waals surface area contributed by atoms with Crippen LogP contribution in [0.15, 0.2) is 18.2 Å². The second-order valence-corrected chi connectivity index (χ2v) is 10.8. The van der Waals surface area contributed by atoms with Crippen LogP contribution in [-0.4, -0.2) is 64.7 Å². The van der Waals surface area contributed by atoms with E-state index < -0.39 is 48.6 Å². The largest absolute Gasteiger partial charge is 0.444 e. The fourth-order valence-electron chi connectivity index (χ4n) is 4.69. The van der Waals surface area contributed by atoms with E-state index in [9.17, 15) is 24.3 Å². The Morgan fingerprint density at radius 3 is 2.19 bits per heavy atom. The number of hydrogen-bond donors (Lipinski definition) is 4. The summed E-state index contributed by atoms with van der Waals surface area (Å²) < 4.78 is 5.26. The molecule has 10 heteroatoms. The Balaban J connectivity index is 2.47. The number of nitrogens with zero attached hydrogens (tertiary/aromatic N) is 1. The van der Waals surface area contributed by atoms with Crippen LogP contribution in [0.3, 0.4) is 0 Å². The van der Waals surface area contributed by atoms with Crippen LogP contribution in [-0.2, 0) is 19.1 Å². The first kappa shape index (κ1) is 30.1. The zero-order valence-electron chi connectivity index (χ0n) is 22.6. The Morgan fingerprint density at radius 2 is 1.68 bits per heavy atom. The number of aliphatic hydroxyl groups excluding tert-OH is 1. The van der Waals surface area contributed by atoms with Crippen molar-refractivity contribution >= 4 is 23.8 Å². The van der Waals surface area contributed by atoms with Gasteiger partial charge >= 0.3 is 6.09 Å². The molecule has 5 N–H and O–H groups in total. The summed E-state index contributed by atoms with van der Waals surface area (Å²) in [5, 5.41) is 15.4. The van der Waals surface area contributed by atoms with Crippen molar-refractivity contribution in [3.63, 3.8) is 0 Å². The van der Waals surface area contributed by atoms with E-state index in [2.05, 4.69) is 10.6 Å². The quantitative estimate of drug-likeness (QED) is 0.373. The average Bonchev–Trinajstić information content (AvgIpc) is 2.76. The molecule has 0 spiro atoms. The highest BCUT2D eigenvalue weighted by Crippen LogP contribution is 2.26. The zero-order chi connectivity index (χ0) is 27.8. The number of hydrogen-bond acceptors (Lipinski definition) is 6. The van der Waals surface area contributed by atoms with E-state index in [0.29, 0.717) is 5.56 Å². The maximum Gasteiger partial charge on any atom is 0.408 e. The smallest absolute Gasteiger partial charge is 0.408 e. The molecule has 1 aromatic rings. The Hall–Kier alpha value is -3.14. The Labute approximate surface area is 219 Å². The van der Waals surface area contributed by atoms with Crippen LogP contribution < -0.4 is 16.4 Å². The van der Waals surface area contributed by atoms with Crippen LogP contribution in [0, 0.1) is 13.8 Å². The minimum Gasteiger partial charge on any atom is -0.444 e. The third-order valence-corrected chi connectivity index (χ3v) is 6.09. The Bertz CT molecular complexity index is 948. The third kappa shape index (κ3) is 9.68. The van der Waals surface area contributed by atoms with Gasteiger partial charge in [0.05, 0.1) is 13.0 Å². The first-order valence-electron chi connectivity index (χ1n) is 12.9. The summed E-state index contributed by atoms with van der Waals surface area (Å²) in [6.45, 7) is 8.17. The monoisotopic (exact) mass is 518 g/mol. The van der Waals surface area contributed by atoms with Gasteiger partial charge < -0.3 is 31.1 Å². The summed E-state index contributed by atoms with van der Waals surface area (Å²) in [7, 11) is 0. The number of amides is 4. The number of primary amides is 1. The molecule has 2 unspecified atom stereocenters. The molecule has 0 heterocycles. The second-order valence-electron chi connectivity index (χ2n) is 10.8. The van der Waals surface area contributed by atoms with E-state index >= 15 is 0 Å². The number of nitrogens with two attached hydrogens (primary N) is 1. The maximum atomic E-state index is 13.8. The van der Waals surface area contributed by atoms with E-state index in [1.807, 2.05) is 32.0 Å². The van der Waals surface area contributed by atoms with Crippen molar-refractivity contribution in [2.75, 3.05) is 13.2 Å². The first-order valence-corrected chi connectivity index (χ1v) is 12.9. The van der Waals surface area contributed by atoms with E-state index in [4.69, 9.17) is 10.5 Å². The number of ether oxygens (including phenoxy) is 1. The molecule has 10 nitrogen and oxygen atoms in total. The molecule has 2 atom stereocenters.